The zero-order chi connectivity index (χ0) is 71.7. The predicted octanol–water partition coefficient (Wildman–Crippen LogP) is 16.2. The van der Waals surface area contributed by atoms with Crippen LogP contribution in [0.1, 0.15) is 266 Å². The molecule has 11 atom stereocenters. The number of allylic oxidation sites excluding steroid dienone is 2. The maximum atomic E-state index is 14.7. The molecule has 21 nitrogen and oxygen atoms in total. The van der Waals surface area contributed by atoms with Crippen molar-refractivity contribution in [3.63, 3.8) is 0 Å². The maximum absolute atomic E-state index is 14.7. The summed E-state index contributed by atoms with van der Waals surface area (Å²) >= 11 is 0. The Hall–Kier alpha value is -4.12. The van der Waals surface area contributed by atoms with Crippen molar-refractivity contribution in [2.45, 2.75) is 333 Å². The number of ketones is 1. The van der Waals surface area contributed by atoms with E-state index in [2.05, 4.69) is 76.8 Å². The third-order valence-electron chi connectivity index (χ3n) is 17.3. The Labute approximate surface area is 590 Å². The van der Waals surface area contributed by atoms with Crippen LogP contribution in [-0.4, -0.2) is 161 Å². The van der Waals surface area contributed by atoms with E-state index in [9.17, 15) is 33.6 Å². The van der Waals surface area contributed by atoms with E-state index in [1.54, 1.807) is 0 Å². The summed E-state index contributed by atoms with van der Waals surface area (Å²) in [6.45, 7) is 23.3. The van der Waals surface area contributed by atoms with Crippen molar-refractivity contribution in [1.29, 1.82) is 0 Å². The highest BCUT2D eigenvalue weighted by molar-refractivity contribution is 7.48. The molecular formula is C76H133N2O19P. The van der Waals surface area contributed by atoms with Crippen LogP contribution >= 0.6 is 7.82 Å². The molecule has 0 bridgehead atoms. The number of phosphoric acid groups is 1. The second-order valence-corrected chi connectivity index (χ2v) is 27.6. The number of amides is 2. The molecule has 0 aromatic rings. The van der Waals surface area contributed by atoms with Crippen LogP contribution in [0.2, 0.25) is 0 Å². The average molecular weight is 1410 g/mol. The minimum Gasteiger partial charge on any atom is -0.459 e. The normalized spacial score (nSPS) is 21.3. The van der Waals surface area contributed by atoms with E-state index in [0.29, 0.717) is 25.9 Å². The SMILES string of the molecule is C=CCOC(=O)OC[C@H]1O[C@@H](OC[C@H]2O[C@H](C(=O)OCC=C)[C@H](NC(=O)CC(=O)CCCCCCCCCCC)[C@@H](OCCCCCCCCCC)[C@@H]2O)[C@H](NC(C)=O)[C@@H](OCC[C@@H](CCCCCCC)OCCCCCC/C=C\CCCCCC)[C@@H]1OP(=O)(OCC=C)OCC=C. The van der Waals surface area contributed by atoms with Crippen molar-refractivity contribution in [3.8, 4) is 0 Å². The van der Waals surface area contributed by atoms with Gasteiger partial charge in [0.1, 0.15) is 68.3 Å². The Kier molecular flexibility index (Phi) is 54.5. The van der Waals surface area contributed by atoms with Gasteiger partial charge in [-0.05, 0) is 57.8 Å². The molecule has 0 aromatic carbocycles. The molecule has 0 aliphatic carbocycles. The average Bonchev–Trinajstić information content (AvgIpc) is 0.783. The van der Waals surface area contributed by atoms with Crippen LogP contribution in [0.5, 0.6) is 0 Å². The summed E-state index contributed by atoms with van der Waals surface area (Å²) in [5, 5.41) is 18.2. The topological polar surface area (TPSA) is 257 Å². The van der Waals surface area contributed by atoms with Crippen LogP contribution in [-0.2, 0) is 79.9 Å². The number of hydrogen-bond donors (Lipinski definition) is 3. The van der Waals surface area contributed by atoms with E-state index in [-0.39, 0.29) is 57.9 Å². The van der Waals surface area contributed by atoms with Gasteiger partial charge in [-0.3, -0.25) is 28.0 Å². The van der Waals surface area contributed by atoms with Gasteiger partial charge >= 0.3 is 19.9 Å². The first-order valence-electron chi connectivity index (χ1n) is 37.8. The van der Waals surface area contributed by atoms with Crippen molar-refractivity contribution in [2.24, 2.45) is 0 Å². The second kappa shape index (κ2) is 59.4. The van der Waals surface area contributed by atoms with Crippen LogP contribution in [0.4, 0.5) is 4.79 Å². The van der Waals surface area contributed by atoms with E-state index in [1.807, 2.05) is 0 Å². The molecule has 2 rings (SSSR count). The van der Waals surface area contributed by atoms with Crippen molar-refractivity contribution in [3.05, 3.63) is 62.8 Å². The number of aliphatic hydroxyl groups excluding tert-OH is 1. The standard InChI is InChI=1S/C76H133N2O19P/c1-10-18-22-26-29-32-33-34-36-39-42-46-55-86-63(49-45-40-25-21-13-4)50-57-88-72-68(77-61(9)79)75(96-65(60-92-76(84)90-52-15-6)70(72)97-98(85,93-53-16-7)94-54-17-8)91-59-64-69(82)71(87-56-47-43-38-31-28-24-20-12-3)67(73(95-64)74(83)89-51-14-5)78-66(81)58-62(80)48-44-41-37-35-30-27-23-19-11-2/h14-17,32-33,63-65,67-73,75,82H,5-8,10-13,18-31,34-60H2,1-4,9H3,(H,77,79)(H,78,81)/b33-32-/t63-,64-,65-,67-,68-,69-,70-,71-,72-,73+,75-/m1/s1. The Morgan fingerprint density at radius 2 is 1.02 bits per heavy atom. The molecule has 3 N–H and O–H groups in total. The minimum atomic E-state index is -4.63. The highest BCUT2D eigenvalue weighted by Gasteiger charge is 2.54. The monoisotopic (exact) mass is 1410 g/mol. The quantitative estimate of drug-likeness (QED) is 0.0168. The summed E-state index contributed by atoms with van der Waals surface area (Å²) in [6, 6.07) is -2.67. The van der Waals surface area contributed by atoms with E-state index >= 15 is 0 Å². The lowest BCUT2D eigenvalue weighted by atomic mass is 9.91. The first-order chi connectivity index (χ1) is 47.6. The molecule has 22 heteroatoms. The van der Waals surface area contributed by atoms with Crippen LogP contribution < -0.4 is 10.6 Å². The number of phosphoric ester groups is 1. The summed E-state index contributed by atoms with van der Waals surface area (Å²) in [4.78, 5) is 68.2. The summed E-state index contributed by atoms with van der Waals surface area (Å²) in [7, 11) is -4.63. The maximum Gasteiger partial charge on any atom is 0.508 e. The van der Waals surface area contributed by atoms with Gasteiger partial charge < -0.3 is 58.4 Å². The number of ether oxygens (including phenoxy) is 9. The van der Waals surface area contributed by atoms with Gasteiger partial charge in [0.05, 0.1) is 38.4 Å². The van der Waals surface area contributed by atoms with E-state index in [1.165, 1.54) is 89.0 Å². The first kappa shape index (κ1) is 90.0. The van der Waals surface area contributed by atoms with E-state index in [0.717, 1.165) is 141 Å². The van der Waals surface area contributed by atoms with Crippen molar-refractivity contribution < 1.29 is 89.8 Å². The summed E-state index contributed by atoms with van der Waals surface area (Å²) in [5.74, 6) is -2.43. The lowest BCUT2D eigenvalue weighted by molar-refractivity contribution is -0.290. The molecule has 0 spiro atoms. The van der Waals surface area contributed by atoms with Gasteiger partial charge in [-0.2, -0.15) is 0 Å². The molecule has 0 radical (unpaired) electrons. The van der Waals surface area contributed by atoms with Crippen LogP contribution in [0, 0.1) is 0 Å². The highest BCUT2D eigenvalue weighted by atomic mass is 31.2. The van der Waals surface area contributed by atoms with Gasteiger partial charge in [-0.25, -0.2) is 14.2 Å². The van der Waals surface area contributed by atoms with Crippen LogP contribution in [0.25, 0.3) is 0 Å². The molecule has 0 saturated carbocycles. The molecular weight excluding hydrogens is 1280 g/mol. The minimum absolute atomic E-state index is 0.00675. The molecule has 0 unspecified atom stereocenters. The van der Waals surface area contributed by atoms with Gasteiger partial charge in [-0.15, -0.1) is 13.2 Å². The number of hydrogen-bond acceptors (Lipinski definition) is 19. The van der Waals surface area contributed by atoms with Crippen molar-refractivity contribution >= 4 is 37.5 Å². The number of carbonyl (C=O) groups excluding carboxylic acids is 5. The van der Waals surface area contributed by atoms with Gasteiger partial charge in [0.25, 0.3) is 0 Å². The molecule has 2 heterocycles. The number of carbonyl (C=O) groups is 5. The Morgan fingerprint density at radius 1 is 0.510 bits per heavy atom. The smallest absolute Gasteiger partial charge is 0.459 e. The third kappa shape index (κ3) is 41.7. The number of rotatable bonds is 65. The second-order valence-electron chi connectivity index (χ2n) is 26.0. The van der Waals surface area contributed by atoms with Crippen molar-refractivity contribution in [1.82, 2.24) is 10.6 Å². The fraction of sp³-hybridized carbons (Fsp3) is 0.803. The van der Waals surface area contributed by atoms with Gasteiger partial charge in [0.15, 0.2) is 12.4 Å². The summed E-state index contributed by atoms with van der Waals surface area (Å²) < 4.78 is 88.5. The number of unbranched alkanes of at least 4 members (excludes halogenated alkanes) is 27. The zero-order valence-electron chi connectivity index (χ0n) is 61.2. The first-order valence-corrected chi connectivity index (χ1v) is 39.3. The molecule has 0 aromatic heterocycles. The van der Waals surface area contributed by atoms with E-state index < -0.39 is 112 Å². The van der Waals surface area contributed by atoms with Crippen molar-refractivity contribution in [2.75, 3.05) is 59.5 Å². The molecule has 566 valence electrons. The summed E-state index contributed by atoms with van der Waals surface area (Å²) in [6.07, 6.45) is 31.9. The van der Waals surface area contributed by atoms with Gasteiger partial charge in [0, 0.05) is 33.2 Å². The Bertz CT molecular complexity index is 2190. The molecule has 2 saturated heterocycles. The van der Waals surface area contributed by atoms with Gasteiger partial charge in [0.2, 0.25) is 11.8 Å². The zero-order valence-corrected chi connectivity index (χ0v) is 62.1. The number of esters is 1. The largest absolute Gasteiger partial charge is 0.508 e. The molecule has 2 aliphatic rings. The molecule has 98 heavy (non-hydrogen) atoms. The van der Waals surface area contributed by atoms with E-state index in [4.69, 9.17) is 56.2 Å². The number of nitrogens with one attached hydrogen (secondary N) is 2. The van der Waals surface area contributed by atoms with Crippen LogP contribution in [0.3, 0.4) is 0 Å². The highest BCUT2D eigenvalue weighted by Crippen LogP contribution is 2.52. The predicted molar refractivity (Wildman–Crippen MR) is 385 cm³/mol. The lowest BCUT2D eigenvalue weighted by Crippen LogP contribution is -2.68. The van der Waals surface area contributed by atoms with Gasteiger partial charge in [-0.1, -0.05) is 238 Å². The molecule has 2 aliphatic heterocycles. The number of aliphatic hydroxyl groups is 1. The number of Topliss-reactive ketones (excluding diaryl/α,β-unsaturated/α-hetero) is 1. The summed E-state index contributed by atoms with van der Waals surface area (Å²) in [5.41, 5.74) is 0. The fourth-order valence-corrected chi connectivity index (χ4v) is 13.2. The Balaban J connectivity index is 2.67. The third-order valence-corrected chi connectivity index (χ3v) is 18.7. The molecule has 2 fully saturated rings. The fourth-order valence-electron chi connectivity index (χ4n) is 11.9. The van der Waals surface area contributed by atoms with Crippen LogP contribution in [0.15, 0.2) is 62.8 Å². The Morgan fingerprint density at radius 3 is 1.59 bits per heavy atom. The lowest BCUT2D eigenvalue weighted by Gasteiger charge is -2.47. The molecule has 2 amide bonds.